The molecule has 1 aromatic rings. The Kier molecular flexibility index (Phi) is 4.01. The highest BCUT2D eigenvalue weighted by atomic mass is 19.1. The van der Waals surface area contributed by atoms with E-state index in [9.17, 15) is 14.0 Å². The van der Waals surface area contributed by atoms with E-state index in [0.29, 0.717) is 13.1 Å². The second kappa shape index (κ2) is 5.56. The van der Waals surface area contributed by atoms with Gasteiger partial charge in [-0.1, -0.05) is 6.07 Å². The largest absolute Gasteiger partial charge is 0.478 e. The minimum absolute atomic E-state index is 0.258. The van der Waals surface area contributed by atoms with Gasteiger partial charge in [0.15, 0.2) is 0 Å². The Balaban J connectivity index is 2.02. The number of aromatic carboxylic acids is 1. The number of carbonyl (C=O) groups excluding carboxylic acids is 1. The van der Waals surface area contributed by atoms with Gasteiger partial charge in [-0.15, -0.1) is 0 Å². The molecule has 1 heterocycles. The quantitative estimate of drug-likeness (QED) is 0.745. The monoisotopic (exact) mass is 282 g/mol. The third-order valence-corrected chi connectivity index (χ3v) is 3.06. The molecule has 20 heavy (non-hydrogen) atoms. The van der Waals surface area contributed by atoms with Crippen molar-refractivity contribution < 1.29 is 23.8 Å². The van der Waals surface area contributed by atoms with Crippen molar-refractivity contribution in [3.8, 4) is 0 Å². The predicted octanol–water partition coefficient (Wildman–Crippen LogP) is 0.841. The first kappa shape index (κ1) is 14.4. The molecule has 1 aliphatic heterocycles. The van der Waals surface area contributed by atoms with Gasteiger partial charge < -0.3 is 20.5 Å². The maximum absolute atomic E-state index is 13.6. The van der Waals surface area contributed by atoms with E-state index >= 15 is 0 Å². The third-order valence-electron chi connectivity index (χ3n) is 3.06. The molecule has 2 rings (SSSR count). The van der Waals surface area contributed by atoms with Gasteiger partial charge in [0.2, 0.25) is 5.91 Å². The molecule has 0 unspecified atom stereocenters. The van der Waals surface area contributed by atoms with E-state index in [1.54, 1.807) is 0 Å². The van der Waals surface area contributed by atoms with Crippen molar-refractivity contribution in [2.45, 2.75) is 12.5 Å². The minimum Gasteiger partial charge on any atom is -0.478 e. The van der Waals surface area contributed by atoms with Crippen LogP contribution in [0, 0.1) is 5.82 Å². The van der Waals surface area contributed by atoms with Crippen molar-refractivity contribution in [3.05, 3.63) is 29.6 Å². The summed E-state index contributed by atoms with van der Waals surface area (Å²) < 4.78 is 19.0. The van der Waals surface area contributed by atoms with Crippen LogP contribution in [0.2, 0.25) is 0 Å². The fourth-order valence-corrected chi connectivity index (χ4v) is 1.82. The normalized spacial score (nSPS) is 16.3. The van der Waals surface area contributed by atoms with Crippen molar-refractivity contribution in [3.63, 3.8) is 0 Å². The third kappa shape index (κ3) is 3.12. The first-order valence-electron chi connectivity index (χ1n) is 6.08. The number of hydrogen-bond acceptors (Lipinski definition) is 4. The molecule has 0 saturated carbocycles. The second-order valence-corrected chi connectivity index (χ2v) is 4.86. The van der Waals surface area contributed by atoms with Crippen LogP contribution in [0.4, 0.5) is 10.1 Å². The lowest BCUT2D eigenvalue weighted by Gasteiger charge is -2.38. The van der Waals surface area contributed by atoms with E-state index in [4.69, 9.17) is 9.84 Å². The number of amides is 1. The standard InChI is InChI=1S/C13H15FN2O4/c1-13(6-15-7-13)20-5-10(17)16-11-8(12(18)19)3-2-4-9(11)14/h2-4,15H,5-7H2,1H3,(H,16,17)(H,18,19). The Morgan fingerprint density at radius 2 is 2.20 bits per heavy atom. The number of ether oxygens (including phenoxy) is 1. The highest BCUT2D eigenvalue weighted by molar-refractivity contribution is 6.01. The molecule has 1 saturated heterocycles. The van der Waals surface area contributed by atoms with E-state index in [0.717, 1.165) is 6.07 Å². The van der Waals surface area contributed by atoms with Crippen LogP contribution in [0.15, 0.2) is 18.2 Å². The average Bonchev–Trinajstić information content (AvgIpc) is 2.36. The van der Waals surface area contributed by atoms with Gasteiger partial charge in [0.1, 0.15) is 12.4 Å². The van der Waals surface area contributed by atoms with Crippen LogP contribution in [0.1, 0.15) is 17.3 Å². The Labute approximate surface area is 114 Å². The molecule has 0 bridgehead atoms. The smallest absolute Gasteiger partial charge is 0.337 e. The fraction of sp³-hybridized carbons (Fsp3) is 0.385. The summed E-state index contributed by atoms with van der Waals surface area (Å²) in [5.41, 5.74) is -1.04. The van der Waals surface area contributed by atoms with E-state index in [1.165, 1.54) is 12.1 Å². The van der Waals surface area contributed by atoms with Crippen LogP contribution in [-0.2, 0) is 9.53 Å². The highest BCUT2D eigenvalue weighted by Gasteiger charge is 2.33. The summed E-state index contributed by atoms with van der Waals surface area (Å²) in [6.07, 6.45) is 0. The summed E-state index contributed by atoms with van der Waals surface area (Å²) in [7, 11) is 0. The second-order valence-electron chi connectivity index (χ2n) is 4.86. The zero-order valence-corrected chi connectivity index (χ0v) is 10.9. The lowest BCUT2D eigenvalue weighted by Crippen LogP contribution is -2.59. The number of anilines is 1. The first-order valence-corrected chi connectivity index (χ1v) is 6.08. The van der Waals surface area contributed by atoms with Crippen LogP contribution in [0.3, 0.4) is 0 Å². The molecule has 1 aliphatic rings. The average molecular weight is 282 g/mol. The van der Waals surface area contributed by atoms with Crippen molar-refractivity contribution in [2.24, 2.45) is 0 Å². The molecule has 3 N–H and O–H groups in total. The molecular weight excluding hydrogens is 267 g/mol. The number of benzene rings is 1. The van der Waals surface area contributed by atoms with E-state index in [-0.39, 0.29) is 17.9 Å². The van der Waals surface area contributed by atoms with Crippen molar-refractivity contribution in [1.29, 1.82) is 0 Å². The van der Waals surface area contributed by atoms with Gasteiger partial charge in [-0.25, -0.2) is 9.18 Å². The predicted molar refractivity (Wildman–Crippen MR) is 69.2 cm³/mol. The molecule has 0 aliphatic carbocycles. The number of carboxylic acid groups (broad SMARTS) is 1. The van der Waals surface area contributed by atoms with Gasteiger partial charge in [0.25, 0.3) is 0 Å². The molecule has 1 aromatic carbocycles. The maximum Gasteiger partial charge on any atom is 0.337 e. The minimum atomic E-state index is -1.31. The number of hydrogen-bond donors (Lipinski definition) is 3. The molecule has 1 fully saturated rings. The van der Waals surface area contributed by atoms with Crippen LogP contribution in [0.25, 0.3) is 0 Å². The van der Waals surface area contributed by atoms with Crippen molar-refractivity contribution >= 4 is 17.6 Å². The molecule has 108 valence electrons. The zero-order chi connectivity index (χ0) is 14.8. The Bertz CT molecular complexity index is 543. The van der Waals surface area contributed by atoms with Gasteiger partial charge in [0.05, 0.1) is 16.9 Å². The highest BCUT2D eigenvalue weighted by Crippen LogP contribution is 2.20. The number of carboxylic acids is 1. The summed E-state index contributed by atoms with van der Waals surface area (Å²) >= 11 is 0. The number of halogens is 1. The van der Waals surface area contributed by atoms with Crippen LogP contribution < -0.4 is 10.6 Å². The van der Waals surface area contributed by atoms with Crippen molar-refractivity contribution in [2.75, 3.05) is 25.0 Å². The lowest BCUT2D eigenvalue weighted by atomic mass is 10.0. The Morgan fingerprint density at radius 3 is 2.75 bits per heavy atom. The molecule has 0 radical (unpaired) electrons. The summed E-state index contributed by atoms with van der Waals surface area (Å²) in [5.74, 6) is -2.70. The molecule has 1 amide bonds. The Hall–Kier alpha value is -1.99. The van der Waals surface area contributed by atoms with Gasteiger partial charge in [-0.3, -0.25) is 4.79 Å². The summed E-state index contributed by atoms with van der Waals surface area (Å²) in [6.45, 7) is 2.87. The lowest BCUT2D eigenvalue weighted by molar-refractivity contribution is -0.130. The zero-order valence-electron chi connectivity index (χ0n) is 10.9. The summed E-state index contributed by atoms with van der Waals surface area (Å²) in [5, 5.41) is 14.2. The van der Waals surface area contributed by atoms with Gasteiger partial charge in [-0.05, 0) is 19.1 Å². The molecule has 0 aromatic heterocycles. The Morgan fingerprint density at radius 1 is 1.50 bits per heavy atom. The fourth-order valence-electron chi connectivity index (χ4n) is 1.82. The summed E-state index contributed by atoms with van der Waals surface area (Å²) in [6, 6.07) is 3.57. The number of carbonyl (C=O) groups is 2. The van der Waals surface area contributed by atoms with Crippen LogP contribution in [-0.4, -0.2) is 42.3 Å². The number of para-hydroxylation sites is 1. The van der Waals surface area contributed by atoms with E-state index < -0.39 is 23.3 Å². The SMILES string of the molecule is CC1(OCC(=O)Nc2c(F)cccc2C(=O)O)CNC1. The van der Waals surface area contributed by atoms with Gasteiger partial charge in [-0.2, -0.15) is 0 Å². The van der Waals surface area contributed by atoms with Crippen LogP contribution in [0.5, 0.6) is 0 Å². The molecule has 0 spiro atoms. The van der Waals surface area contributed by atoms with E-state index in [2.05, 4.69) is 10.6 Å². The van der Waals surface area contributed by atoms with Gasteiger partial charge >= 0.3 is 5.97 Å². The number of rotatable bonds is 5. The molecular formula is C13H15FN2O4. The van der Waals surface area contributed by atoms with Crippen molar-refractivity contribution in [1.82, 2.24) is 5.32 Å². The topological polar surface area (TPSA) is 87.7 Å². The van der Waals surface area contributed by atoms with Gasteiger partial charge in [0, 0.05) is 13.1 Å². The molecule has 7 heteroatoms. The molecule has 0 atom stereocenters. The number of nitrogens with one attached hydrogen (secondary N) is 2. The summed E-state index contributed by atoms with van der Waals surface area (Å²) in [4.78, 5) is 22.7. The maximum atomic E-state index is 13.6. The molecule has 6 nitrogen and oxygen atoms in total. The van der Waals surface area contributed by atoms with E-state index in [1.807, 2.05) is 6.92 Å². The first-order chi connectivity index (χ1) is 9.41. The van der Waals surface area contributed by atoms with Crippen LogP contribution >= 0.6 is 0 Å².